The van der Waals surface area contributed by atoms with Crippen molar-refractivity contribution in [2.45, 2.75) is 12.3 Å². The molecule has 4 aromatic carbocycles. The van der Waals surface area contributed by atoms with Gasteiger partial charge < -0.3 is 19.8 Å². The number of hydrogen-bond donors (Lipinski definition) is 3. The molecule has 0 saturated carbocycles. The van der Waals surface area contributed by atoms with Gasteiger partial charge in [0.15, 0.2) is 0 Å². The van der Waals surface area contributed by atoms with Gasteiger partial charge in [-0.25, -0.2) is 0 Å². The number of para-hydroxylation sites is 1. The van der Waals surface area contributed by atoms with E-state index in [9.17, 15) is 18.0 Å². The number of hydrogen-bond acceptors (Lipinski definition) is 6. The highest BCUT2D eigenvalue weighted by molar-refractivity contribution is 7.85. The van der Waals surface area contributed by atoms with Gasteiger partial charge in [-0.2, -0.15) is 8.42 Å². The summed E-state index contributed by atoms with van der Waals surface area (Å²) in [6.45, 7) is -0.221. The fourth-order valence-electron chi connectivity index (χ4n) is 4.74. The quantitative estimate of drug-likeness (QED) is 0.145. The van der Waals surface area contributed by atoms with Crippen molar-refractivity contribution in [2.75, 3.05) is 24.7 Å². The lowest BCUT2D eigenvalue weighted by atomic mass is 9.90. The minimum Gasteiger partial charge on any atom is -0.497 e. The zero-order valence-electron chi connectivity index (χ0n) is 23.6. The maximum atomic E-state index is 13.7. The third-order valence-corrected chi connectivity index (χ3v) is 8.11. The number of amides is 2. The Kier molecular flexibility index (Phi) is 9.34. The summed E-state index contributed by atoms with van der Waals surface area (Å²) >= 11 is 6.62. The first kappa shape index (κ1) is 30.8. The molecule has 9 nitrogen and oxygen atoms in total. The third-order valence-electron chi connectivity index (χ3n) is 7.07. The molecule has 5 rings (SSSR count). The van der Waals surface area contributed by atoms with Crippen LogP contribution in [0.25, 0.3) is 22.3 Å². The van der Waals surface area contributed by atoms with E-state index in [1.165, 1.54) is 0 Å². The summed E-state index contributed by atoms with van der Waals surface area (Å²) in [4.78, 5) is 26.1. The molecule has 0 aliphatic heterocycles. The van der Waals surface area contributed by atoms with Crippen LogP contribution < -0.4 is 15.4 Å². The molecule has 0 saturated heterocycles. The normalized spacial score (nSPS) is 12.1. The van der Waals surface area contributed by atoms with Gasteiger partial charge in [-0.3, -0.25) is 14.1 Å². The monoisotopic (exact) mass is 632 g/mol. The molecule has 226 valence electrons. The average molecular weight is 633 g/mol. The Hall–Kier alpha value is -4.64. The van der Waals surface area contributed by atoms with Crippen molar-refractivity contribution >= 4 is 50.2 Å². The molecule has 1 heterocycles. The zero-order chi connectivity index (χ0) is 31.3. The number of nitrogens with one attached hydrogen (secondary N) is 2. The van der Waals surface area contributed by atoms with Gasteiger partial charge in [0.25, 0.3) is 16.0 Å². The lowest BCUT2D eigenvalue weighted by Crippen LogP contribution is -2.28. The summed E-state index contributed by atoms with van der Waals surface area (Å²) in [6, 6.07) is 28.8. The number of fused-ring (bicyclic) bond motifs is 1. The number of anilines is 1. The van der Waals surface area contributed by atoms with Gasteiger partial charge in [-0.1, -0.05) is 54.1 Å². The highest BCUT2D eigenvalue weighted by Gasteiger charge is 2.23. The highest BCUT2D eigenvalue weighted by Crippen LogP contribution is 2.33. The third kappa shape index (κ3) is 7.65. The first-order valence-electron chi connectivity index (χ1n) is 13.7. The Morgan fingerprint density at radius 3 is 2.34 bits per heavy atom. The van der Waals surface area contributed by atoms with Crippen LogP contribution in [0.15, 0.2) is 101 Å². The van der Waals surface area contributed by atoms with Gasteiger partial charge in [0.05, 0.1) is 29.5 Å². The number of furan rings is 1. The largest absolute Gasteiger partial charge is 0.497 e. The van der Waals surface area contributed by atoms with Crippen LogP contribution in [0, 0.1) is 0 Å². The Morgan fingerprint density at radius 2 is 1.68 bits per heavy atom. The van der Waals surface area contributed by atoms with Crippen LogP contribution in [0.3, 0.4) is 0 Å². The molecule has 0 aliphatic rings. The van der Waals surface area contributed by atoms with E-state index < -0.39 is 27.7 Å². The molecule has 0 aliphatic carbocycles. The number of benzene rings is 4. The number of halogens is 1. The van der Waals surface area contributed by atoms with Crippen LogP contribution in [0.1, 0.15) is 27.4 Å². The van der Waals surface area contributed by atoms with Crippen molar-refractivity contribution in [1.29, 1.82) is 0 Å². The Balaban J connectivity index is 1.33. The Labute approximate surface area is 259 Å². The molecule has 2 amide bonds. The Morgan fingerprint density at radius 1 is 0.955 bits per heavy atom. The maximum absolute atomic E-state index is 13.7. The van der Waals surface area contributed by atoms with Crippen LogP contribution in [0.2, 0.25) is 5.02 Å². The van der Waals surface area contributed by atoms with E-state index in [0.29, 0.717) is 34.2 Å². The molecule has 0 bridgehead atoms. The van der Waals surface area contributed by atoms with Gasteiger partial charge in [0.2, 0.25) is 5.91 Å². The molecule has 5 aromatic rings. The summed E-state index contributed by atoms with van der Waals surface area (Å²) in [5.74, 6) is -0.631. The molecule has 1 atom stereocenters. The predicted molar refractivity (Wildman–Crippen MR) is 170 cm³/mol. The first-order chi connectivity index (χ1) is 21.1. The summed E-state index contributed by atoms with van der Waals surface area (Å²) in [5.41, 5.74) is 3.85. The second-order valence-electron chi connectivity index (χ2n) is 10.1. The zero-order valence-corrected chi connectivity index (χ0v) is 25.2. The summed E-state index contributed by atoms with van der Waals surface area (Å²) in [7, 11) is -2.61. The van der Waals surface area contributed by atoms with E-state index in [1.54, 1.807) is 55.6 Å². The van der Waals surface area contributed by atoms with Crippen LogP contribution in [0.5, 0.6) is 5.75 Å². The molecule has 0 radical (unpaired) electrons. The van der Waals surface area contributed by atoms with Gasteiger partial charge >= 0.3 is 0 Å². The standard InChI is InChI=1S/C33H29ClN2O7S/c1-42-26-13-10-22(11-14-26)27(18-21-6-8-23(9-7-21)32(37)35-16-17-44(39,40)41)33(38)36-29-15-12-25(19-28(29)34)31-20-24-4-2-3-5-30(24)43-31/h2-15,19-20,27H,16-18H2,1H3,(H,35,37)(H,36,38)(H,39,40,41). The second kappa shape index (κ2) is 13.3. The van der Waals surface area contributed by atoms with E-state index in [-0.39, 0.29) is 12.5 Å². The first-order valence-corrected chi connectivity index (χ1v) is 15.6. The topological polar surface area (TPSA) is 135 Å². The molecular formula is C33H29ClN2O7S. The Bertz CT molecular complexity index is 1870. The maximum Gasteiger partial charge on any atom is 0.266 e. The van der Waals surface area contributed by atoms with E-state index in [4.69, 9.17) is 25.3 Å². The van der Waals surface area contributed by atoms with Crippen LogP contribution in [-0.2, 0) is 21.3 Å². The molecule has 3 N–H and O–H groups in total. The fourth-order valence-corrected chi connectivity index (χ4v) is 5.32. The lowest BCUT2D eigenvalue weighted by Gasteiger charge is -2.19. The second-order valence-corrected chi connectivity index (χ2v) is 12.1. The van der Waals surface area contributed by atoms with E-state index in [2.05, 4.69) is 10.6 Å². The van der Waals surface area contributed by atoms with Crippen molar-refractivity contribution in [3.05, 3.63) is 119 Å². The van der Waals surface area contributed by atoms with Crippen LogP contribution in [-0.4, -0.2) is 44.2 Å². The lowest BCUT2D eigenvalue weighted by molar-refractivity contribution is -0.117. The minimum atomic E-state index is -4.18. The molecule has 11 heteroatoms. The highest BCUT2D eigenvalue weighted by atomic mass is 35.5. The van der Waals surface area contributed by atoms with Gasteiger partial charge in [0.1, 0.15) is 17.1 Å². The number of rotatable bonds is 11. The van der Waals surface area contributed by atoms with Gasteiger partial charge in [-0.15, -0.1) is 0 Å². The summed E-state index contributed by atoms with van der Waals surface area (Å²) in [6.07, 6.45) is 0.317. The van der Waals surface area contributed by atoms with Gasteiger partial charge in [-0.05, 0) is 72.1 Å². The molecule has 1 aromatic heterocycles. The number of ether oxygens (including phenoxy) is 1. The molecule has 0 fully saturated rings. The van der Waals surface area contributed by atoms with Gasteiger partial charge in [0, 0.05) is 23.1 Å². The van der Waals surface area contributed by atoms with Crippen molar-refractivity contribution in [3.8, 4) is 17.1 Å². The molecule has 0 spiro atoms. The molecular weight excluding hydrogens is 604 g/mol. The summed E-state index contributed by atoms with van der Waals surface area (Å²) in [5, 5.41) is 6.74. The number of carbonyl (C=O) groups is 2. The van der Waals surface area contributed by atoms with Crippen molar-refractivity contribution in [2.24, 2.45) is 0 Å². The van der Waals surface area contributed by atoms with Crippen LogP contribution >= 0.6 is 11.6 Å². The summed E-state index contributed by atoms with van der Waals surface area (Å²) < 4.78 is 41.9. The molecule has 1 unspecified atom stereocenters. The SMILES string of the molecule is COc1ccc(C(Cc2ccc(C(=O)NCCS(=O)(=O)O)cc2)C(=O)Nc2ccc(-c3cc4ccccc4o3)cc2Cl)cc1. The number of carbonyl (C=O) groups excluding carboxylic acids is 2. The molecule has 44 heavy (non-hydrogen) atoms. The van der Waals surface area contributed by atoms with Crippen LogP contribution in [0.4, 0.5) is 5.69 Å². The fraction of sp³-hybridized carbons (Fsp3) is 0.152. The predicted octanol–water partition coefficient (Wildman–Crippen LogP) is 6.34. The van der Waals surface area contributed by atoms with E-state index >= 15 is 0 Å². The minimum absolute atomic E-state index is 0.221. The van der Waals surface area contributed by atoms with Crippen molar-refractivity contribution in [3.63, 3.8) is 0 Å². The number of methoxy groups -OCH3 is 1. The van der Waals surface area contributed by atoms with Crippen molar-refractivity contribution in [1.82, 2.24) is 5.32 Å². The smallest absolute Gasteiger partial charge is 0.266 e. The van der Waals surface area contributed by atoms with E-state index in [1.807, 2.05) is 48.5 Å². The average Bonchev–Trinajstić information content (AvgIpc) is 3.45. The van der Waals surface area contributed by atoms with Crippen molar-refractivity contribution < 1.29 is 31.7 Å². The van der Waals surface area contributed by atoms with E-state index in [0.717, 1.165) is 27.7 Å².